The highest BCUT2D eigenvalue weighted by atomic mass is 32.1. The molecule has 2 aliphatic rings. The van der Waals surface area contributed by atoms with Gasteiger partial charge in [0.15, 0.2) is 0 Å². The van der Waals surface area contributed by atoms with Gasteiger partial charge < -0.3 is 0 Å². The van der Waals surface area contributed by atoms with Crippen LogP contribution in [0.25, 0.3) is 74.0 Å². The van der Waals surface area contributed by atoms with Crippen molar-refractivity contribution in [1.82, 2.24) is 0 Å². The summed E-state index contributed by atoms with van der Waals surface area (Å²) >= 11 is 3.21. The highest BCUT2D eigenvalue weighted by Crippen LogP contribution is 2.63. The molecule has 0 amide bonds. The highest BCUT2D eigenvalue weighted by Gasteiger charge is 2.38. The molecule has 4 nitrogen and oxygen atoms in total. The van der Waals surface area contributed by atoms with Crippen molar-refractivity contribution < 1.29 is 0 Å². The summed E-state index contributed by atoms with van der Waals surface area (Å²) < 4.78 is 2.14. The molecule has 8 rings (SSSR count). The average molecular weight is 541 g/mol. The molecule has 0 radical (unpaired) electrons. The van der Waals surface area contributed by atoms with E-state index in [1.165, 1.54) is 0 Å². The monoisotopic (exact) mass is 540 g/mol. The predicted octanol–water partition coefficient (Wildman–Crippen LogP) is 9.63. The molecule has 0 N–H and O–H groups in total. The summed E-state index contributed by atoms with van der Waals surface area (Å²) in [6, 6.07) is 28.8. The van der Waals surface area contributed by atoms with E-state index in [0.29, 0.717) is 11.1 Å². The molecule has 4 aromatic carbocycles. The van der Waals surface area contributed by atoms with Gasteiger partial charge in [-0.1, -0.05) is 72.8 Å². The van der Waals surface area contributed by atoms with Gasteiger partial charge in [-0.2, -0.15) is 0 Å². The number of benzene rings is 4. The van der Waals surface area contributed by atoms with Crippen LogP contribution in [0.5, 0.6) is 0 Å². The van der Waals surface area contributed by atoms with Crippen molar-refractivity contribution in [1.29, 1.82) is 10.5 Å². The smallest absolute Gasteiger partial charge is 0.226 e. The molecule has 0 saturated carbocycles. The molecule has 2 aromatic heterocycles. The summed E-state index contributed by atoms with van der Waals surface area (Å²) in [5.41, 5.74) is 7.55. The lowest BCUT2D eigenvalue weighted by atomic mass is 9.96. The number of fused-ring (bicyclic) bond motifs is 13. The molecule has 0 unspecified atom stereocenters. The number of nitriles is 2. The van der Waals surface area contributed by atoms with Gasteiger partial charge in [0.2, 0.25) is 0 Å². The van der Waals surface area contributed by atoms with E-state index in [1.807, 2.05) is 48.5 Å². The third-order valence-corrected chi connectivity index (χ3v) is 10.4. The largest absolute Gasteiger partial charge is 0.271 e. The third-order valence-electron chi connectivity index (χ3n) is 7.78. The topological polar surface area (TPSA) is 56.3 Å². The molecule has 0 spiro atoms. The Kier molecular flexibility index (Phi) is 4.50. The van der Waals surface area contributed by atoms with E-state index in [9.17, 15) is 10.5 Å². The van der Waals surface area contributed by atoms with Gasteiger partial charge in [-0.3, -0.25) is 0 Å². The molecular weight excluding hydrogens is 529 g/mol. The summed E-state index contributed by atoms with van der Waals surface area (Å²) in [5.74, 6) is 0. The molecule has 180 valence electrons. The van der Waals surface area contributed by atoms with Crippen molar-refractivity contribution in [3.8, 4) is 34.4 Å². The Morgan fingerprint density at radius 3 is 1.40 bits per heavy atom. The van der Waals surface area contributed by atoms with Gasteiger partial charge in [0, 0.05) is 32.0 Å². The number of nitrogens with zero attached hydrogens (tertiary/aromatic N) is 4. The van der Waals surface area contributed by atoms with Crippen molar-refractivity contribution in [3.05, 3.63) is 128 Å². The summed E-state index contributed by atoms with van der Waals surface area (Å²) in [6.45, 7) is 15.6. The maximum atomic E-state index is 9.95. The summed E-state index contributed by atoms with van der Waals surface area (Å²) in [7, 11) is 0. The van der Waals surface area contributed by atoms with Crippen molar-refractivity contribution in [3.63, 3.8) is 0 Å². The zero-order valence-corrected chi connectivity index (χ0v) is 22.2. The first kappa shape index (κ1) is 22.5. The zero-order chi connectivity index (χ0) is 27.1. The van der Waals surface area contributed by atoms with Crippen LogP contribution in [0.15, 0.2) is 84.2 Å². The van der Waals surface area contributed by atoms with Gasteiger partial charge in [0.1, 0.15) is 0 Å². The first-order chi connectivity index (χ1) is 19.7. The molecule has 2 aliphatic carbocycles. The van der Waals surface area contributed by atoms with Gasteiger partial charge >= 0.3 is 0 Å². The number of hydrogen-bond donors (Lipinski definition) is 0. The van der Waals surface area contributed by atoms with Crippen LogP contribution in [0.4, 0.5) is 0 Å². The van der Waals surface area contributed by atoms with E-state index < -0.39 is 0 Å². The SMILES string of the molecule is [C-]#[N+]/C(C#N)=C1/c2ccc3ccccc3c2-c2c1sc1c3c(sc21)/C(=C(\C#N)[N+]#[C-])c1ccc2ccccc2c1-3. The van der Waals surface area contributed by atoms with Crippen LogP contribution in [0.2, 0.25) is 0 Å². The first-order valence-electron chi connectivity index (χ1n) is 12.4. The lowest BCUT2D eigenvalue weighted by Crippen LogP contribution is -1.86. The van der Waals surface area contributed by atoms with Crippen LogP contribution in [0.1, 0.15) is 20.9 Å². The van der Waals surface area contributed by atoms with Crippen LogP contribution in [0, 0.1) is 35.8 Å². The molecule has 2 heterocycles. The van der Waals surface area contributed by atoms with E-state index in [0.717, 1.165) is 74.1 Å². The minimum Gasteiger partial charge on any atom is -0.226 e. The van der Waals surface area contributed by atoms with Crippen molar-refractivity contribution >= 4 is 64.8 Å². The number of thiophene rings is 2. The van der Waals surface area contributed by atoms with Crippen LogP contribution in [-0.4, -0.2) is 0 Å². The molecule has 0 bridgehead atoms. The Hall–Kier alpha value is -5.50. The quantitative estimate of drug-likeness (QED) is 0.142. The Bertz CT molecular complexity index is 2220. The number of hydrogen-bond acceptors (Lipinski definition) is 4. The third kappa shape index (κ3) is 2.64. The number of rotatable bonds is 0. The van der Waals surface area contributed by atoms with Crippen LogP contribution < -0.4 is 0 Å². The van der Waals surface area contributed by atoms with Gasteiger partial charge in [0.05, 0.1) is 34.7 Å². The van der Waals surface area contributed by atoms with Gasteiger partial charge in [-0.15, -0.1) is 22.7 Å². The van der Waals surface area contributed by atoms with E-state index >= 15 is 0 Å². The predicted molar refractivity (Wildman–Crippen MR) is 162 cm³/mol. The van der Waals surface area contributed by atoms with Crippen molar-refractivity contribution in [2.45, 2.75) is 0 Å². The molecule has 0 saturated heterocycles. The standard InChI is InChI=1S/C34H12N4S2/c1-37-23(15-35)27-21-13-11-17-7-3-5-9-19(17)25(21)29-31(27)39-34-30-26-20-10-6-4-8-18(20)12-14-22(26)28(24(16-36)38-2)32(30)40-33(29)34/h3-14H/b27-23-,28-24+. The Balaban J connectivity index is 1.59. The van der Waals surface area contributed by atoms with Crippen LogP contribution >= 0.6 is 22.7 Å². The Morgan fingerprint density at radius 2 is 1.00 bits per heavy atom. The molecule has 6 heteroatoms. The molecule has 0 atom stereocenters. The lowest BCUT2D eigenvalue weighted by molar-refractivity contribution is 1.50. The lowest BCUT2D eigenvalue weighted by Gasteiger charge is -2.09. The molecule has 0 fully saturated rings. The minimum absolute atomic E-state index is 0.0898. The molecule has 40 heavy (non-hydrogen) atoms. The number of allylic oxidation sites excluding steroid dienone is 2. The van der Waals surface area contributed by atoms with Gasteiger partial charge in [-0.05, 0) is 43.8 Å². The van der Waals surface area contributed by atoms with E-state index in [2.05, 4.69) is 46.1 Å². The Labute approximate surface area is 236 Å². The molecule has 6 aromatic rings. The minimum atomic E-state index is 0.0898. The molecule has 0 aliphatic heterocycles. The van der Waals surface area contributed by atoms with E-state index in [4.69, 9.17) is 13.1 Å². The summed E-state index contributed by atoms with van der Waals surface area (Å²) in [4.78, 5) is 9.13. The van der Waals surface area contributed by atoms with E-state index in [1.54, 1.807) is 22.7 Å². The highest BCUT2D eigenvalue weighted by molar-refractivity contribution is 7.31. The fourth-order valence-electron chi connectivity index (χ4n) is 6.23. The van der Waals surface area contributed by atoms with Gasteiger partial charge in [0.25, 0.3) is 11.4 Å². The second-order valence-electron chi connectivity index (χ2n) is 9.58. The summed E-state index contributed by atoms with van der Waals surface area (Å²) in [6.07, 6.45) is 0. The normalized spacial score (nSPS) is 15.0. The van der Waals surface area contributed by atoms with Crippen molar-refractivity contribution in [2.75, 3.05) is 0 Å². The van der Waals surface area contributed by atoms with E-state index in [-0.39, 0.29) is 11.4 Å². The first-order valence-corrected chi connectivity index (χ1v) is 14.0. The van der Waals surface area contributed by atoms with Crippen molar-refractivity contribution in [2.24, 2.45) is 0 Å². The Morgan fingerprint density at radius 1 is 0.575 bits per heavy atom. The molecular formula is C34H12N4S2. The van der Waals surface area contributed by atoms with Crippen LogP contribution in [-0.2, 0) is 0 Å². The fourth-order valence-corrected chi connectivity index (χ4v) is 9.25. The summed E-state index contributed by atoms with van der Waals surface area (Å²) in [5, 5.41) is 24.2. The maximum absolute atomic E-state index is 9.95. The van der Waals surface area contributed by atoms with Crippen LogP contribution in [0.3, 0.4) is 0 Å². The van der Waals surface area contributed by atoms with Gasteiger partial charge in [-0.25, -0.2) is 20.2 Å². The zero-order valence-electron chi connectivity index (χ0n) is 20.5. The maximum Gasteiger partial charge on any atom is 0.271 e. The second kappa shape index (κ2) is 8.00. The average Bonchev–Trinajstić information content (AvgIpc) is 3.71. The second-order valence-corrected chi connectivity index (χ2v) is 11.6. The fraction of sp³-hybridized carbons (Fsp3) is 0.